The van der Waals surface area contributed by atoms with Gasteiger partial charge in [-0.1, -0.05) is 27.7 Å². The first-order valence-corrected chi connectivity index (χ1v) is 6.14. The van der Waals surface area contributed by atoms with Crippen molar-refractivity contribution in [3.05, 3.63) is 0 Å². The largest absolute Gasteiger partial charge is 0.480 e. The smallest absolute Gasteiger partial charge is 0.406 e. The summed E-state index contributed by atoms with van der Waals surface area (Å²) >= 11 is 0. The summed E-state index contributed by atoms with van der Waals surface area (Å²) in [6.07, 6.45) is -4.64. The molecule has 0 aromatic heterocycles. The third-order valence-electron chi connectivity index (χ3n) is 3.02. The Kier molecular flexibility index (Phi) is 6.31. The zero-order chi connectivity index (χ0) is 16.1. The molecule has 2 N–H and O–H groups in total. The normalized spacial score (nSPS) is 13.8. The minimum atomic E-state index is -4.64. The van der Waals surface area contributed by atoms with Gasteiger partial charge in [0.15, 0.2) is 0 Å². The second-order valence-corrected chi connectivity index (χ2v) is 5.82. The molecular weight excluding hydrogens is 277 g/mol. The van der Waals surface area contributed by atoms with E-state index in [-0.39, 0.29) is 22.8 Å². The van der Waals surface area contributed by atoms with Crippen molar-refractivity contribution in [3.8, 4) is 0 Å². The van der Waals surface area contributed by atoms with Crippen LogP contribution in [0.2, 0.25) is 0 Å². The van der Waals surface area contributed by atoms with Crippen molar-refractivity contribution < 1.29 is 27.9 Å². The quantitative estimate of drug-likeness (QED) is 0.818. The summed E-state index contributed by atoms with van der Waals surface area (Å²) in [5.41, 5.74) is -0.116. The molecule has 5 nitrogen and oxygen atoms in total. The number of nitrogens with zero attached hydrogens (tertiary/aromatic N) is 1. The molecule has 0 rings (SSSR count). The van der Waals surface area contributed by atoms with Crippen LogP contribution in [0.1, 0.15) is 27.7 Å². The number of hydrogen-bond acceptors (Lipinski definition) is 2. The number of urea groups is 1. The van der Waals surface area contributed by atoms with Gasteiger partial charge in [-0.3, -0.25) is 4.79 Å². The lowest BCUT2D eigenvalue weighted by Crippen LogP contribution is -2.48. The van der Waals surface area contributed by atoms with Crippen LogP contribution in [0.4, 0.5) is 18.0 Å². The van der Waals surface area contributed by atoms with Crippen molar-refractivity contribution in [2.75, 3.05) is 19.6 Å². The zero-order valence-electron chi connectivity index (χ0n) is 12.0. The van der Waals surface area contributed by atoms with E-state index in [1.54, 1.807) is 0 Å². The maximum atomic E-state index is 12.3. The molecule has 0 saturated carbocycles. The topological polar surface area (TPSA) is 69.6 Å². The molecule has 118 valence electrons. The molecular formula is C12H21F3N2O3. The van der Waals surface area contributed by atoms with Gasteiger partial charge in [-0.2, -0.15) is 13.2 Å². The number of rotatable bonds is 5. The van der Waals surface area contributed by atoms with Crippen LogP contribution in [-0.4, -0.2) is 47.8 Å². The zero-order valence-corrected chi connectivity index (χ0v) is 12.0. The third-order valence-corrected chi connectivity index (χ3v) is 3.02. The van der Waals surface area contributed by atoms with E-state index >= 15 is 0 Å². The number of hydrogen-bond donors (Lipinski definition) is 2. The maximum Gasteiger partial charge on any atom is 0.406 e. The number of carbonyl (C=O) groups excluding carboxylic acids is 1. The van der Waals surface area contributed by atoms with Gasteiger partial charge in [0, 0.05) is 6.54 Å². The molecule has 0 aliphatic rings. The van der Waals surface area contributed by atoms with E-state index in [4.69, 9.17) is 5.11 Å². The SMILES string of the molecule is CC(CNC(=O)N(CC(=O)O)CC(F)(F)F)C(C)(C)C. The minimum Gasteiger partial charge on any atom is -0.480 e. The summed E-state index contributed by atoms with van der Waals surface area (Å²) in [5, 5.41) is 10.9. The molecule has 2 amide bonds. The molecule has 0 aliphatic carbocycles. The summed E-state index contributed by atoms with van der Waals surface area (Å²) < 4.78 is 36.9. The van der Waals surface area contributed by atoms with Crippen LogP contribution in [0, 0.1) is 11.3 Å². The Morgan fingerprint density at radius 3 is 2.10 bits per heavy atom. The van der Waals surface area contributed by atoms with E-state index in [9.17, 15) is 22.8 Å². The summed E-state index contributed by atoms with van der Waals surface area (Å²) in [5.74, 6) is -1.46. The van der Waals surface area contributed by atoms with Crippen molar-refractivity contribution in [3.63, 3.8) is 0 Å². The average Bonchev–Trinajstić information content (AvgIpc) is 2.20. The third kappa shape index (κ3) is 7.85. The highest BCUT2D eigenvalue weighted by atomic mass is 19.4. The number of nitrogens with one attached hydrogen (secondary N) is 1. The first kappa shape index (κ1) is 18.5. The van der Waals surface area contributed by atoms with E-state index < -0.39 is 31.3 Å². The predicted molar refractivity (Wildman–Crippen MR) is 67.3 cm³/mol. The Morgan fingerprint density at radius 1 is 1.25 bits per heavy atom. The number of aliphatic carboxylic acids is 1. The van der Waals surface area contributed by atoms with E-state index in [0.717, 1.165) is 0 Å². The van der Waals surface area contributed by atoms with Gasteiger partial charge < -0.3 is 15.3 Å². The number of alkyl halides is 3. The molecule has 0 radical (unpaired) electrons. The Balaban J connectivity index is 4.60. The molecule has 0 spiro atoms. The number of carboxylic acids is 1. The molecule has 8 heteroatoms. The van der Waals surface area contributed by atoms with Crippen molar-refractivity contribution in [2.45, 2.75) is 33.9 Å². The highest BCUT2D eigenvalue weighted by Crippen LogP contribution is 2.24. The van der Waals surface area contributed by atoms with E-state index in [0.29, 0.717) is 0 Å². The van der Waals surface area contributed by atoms with Gasteiger partial charge in [-0.15, -0.1) is 0 Å². The molecule has 1 unspecified atom stereocenters. The van der Waals surface area contributed by atoms with Crippen LogP contribution >= 0.6 is 0 Å². The van der Waals surface area contributed by atoms with Gasteiger partial charge in [0.25, 0.3) is 0 Å². The monoisotopic (exact) mass is 298 g/mol. The van der Waals surface area contributed by atoms with Gasteiger partial charge in [0.05, 0.1) is 0 Å². The molecule has 0 aliphatic heterocycles. The standard InChI is InChI=1S/C12H21F3N2O3/c1-8(11(2,3)4)5-16-10(20)17(6-9(18)19)7-12(13,14)15/h8H,5-7H2,1-4H3,(H,16,20)(H,18,19). The lowest BCUT2D eigenvalue weighted by Gasteiger charge is -2.29. The lowest BCUT2D eigenvalue weighted by atomic mass is 9.82. The highest BCUT2D eigenvalue weighted by molar-refractivity contribution is 5.80. The van der Waals surface area contributed by atoms with Crippen LogP contribution in [0.5, 0.6) is 0 Å². The van der Waals surface area contributed by atoms with Crippen LogP contribution in [0.25, 0.3) is 0 Å². The second kappa shape index (κ2) is 6.81. The number of carbonyl (C=O) groups is 2. The Labute approximate surface area is 116 Å². The Bertz CT molecular complexity index is 351. The van der Waals surface area contributed by atoms with Crippen molar-refractivity contribution in [1.29, 1.82) is 0 Å². The maximum absolute atomic E-state index is 12.3. The molecule has 1 atom stereocenters. The fourth-order valence-corrected chi connectivity index (χ4v) is 1.24. The van der Waals surface area contributed by atoms with Gasteiger partial charge in [-0.25, -0.2) is 4.79 Å². The summed E-state index contributed by atoms with van der Waals surface area (Å²) in [4.78, 5) is 22.4. The van der Waals surface area contributed by atoms with Crippen LogP contribution in [0.15, 0.2) is 0 Å². The molecule has 0 saturated heterocycles. The first-order chi connectivity index (χ1) is 8.83. The lowest BCUT2D eigenvalue weighted by molar-refractivity contribution is -0.149. The van der Waals surface area contributed by atoms with Crippen LogP contribution < -0.4 is 5.32 Å². The number of carboxylic acid groups (broad SMARTS) is 1. The molecule has 20 heavy (non-hydrogen) atoms. The van der Waals surface area contributed by atoms with Crippen molar-refractivity contribution >= 4 is 12.0 Å². The summed E-state index contributed by atoms with van der Waals surface area (Å²) in [7, 11) is 0. The van der Waals surface area contributed by atoms with Crippen molar-refractivity contribution in [2.24, 2.45) is 11.3 Å². The Morgan fingerprint density at radius 2 is 1.75 bits per heavy atom. The van der Waals surface area contributed by atoms with Gasteiger partial charge in [-0.05, 0) is 11.3 Å². The molecule has 0 bridgehead atoms. The fourth-order valence-electron chi connectivity index (χ4n) is 1.24. The van der Waals surface area contributed by atoms with Gasteiger partial charge >= 0.3 is 18.2 Å². The number of halogens is 3. The number of amides is 2. The predicted octanol–water partition coefficient (Wildman–Crippen LogP) is 2.33. The summed E-state index contributed by atoms with van der Waals surface area (Å²) in [6, 6.07) is -1.03. The van der Waals surface area contributed by atoms with Crippen molar-refractivity contribution in [1.82, 2.24) is 10.2 Å². The molecule has 0 aromatic rings. The summed E-state index contributed by atoms with van der Waals surface area (Å²) in [6.45, 7) is 5.27. The molecule has 0 fully saturated rings. The molecule has 0 heterocycles. The van der Waals surface area contributed by atoms with Gasteiger partial charge in [0.2, 0.25) is 0 Å². The molecule has 0 aromatic carbocycles. The van der Waals surface area contributed by atoms with E-state index in [1.807, 2.05) is 27.7 Å². The first-order valence-electron chi connectivity index (χ1n) is 6.14. The highest BCUT2D eigenvalue weighted by Gasteiger charge is 2.34. The van der Waals surface area contributed by atoms with Gasteiger partial charge in [0.1, 0.15) is 13.1 Å². The average molecular weight is 298 g/mol. The minimum absolute atomic E-state index is 0.0315. The van der Waals surface area contributed by atoms with E-state index in [1.165, 1.54) is 0 Å². The fraction of sp³-hybridized carbons (Fsp3) is 0.833. The van der Waals surface area contributed by atoms with Crippen LogP contribution in [0.3, 0.4) is 0 Å². The Hall–Kier alpha value is -1.47. The van der Waals surface area contributed by atoms with E-state index in [2.05, 4.69) is 5.32 Å². The van der Waals surface area contributed by atoms with Crippen LogP contribution in [-0.2, 0) is 4.79 Å². The second-order valence-electron chi connectivity index (χ2n) is 5.82.